The molecule has 2 aromatic heterocycles. The molecule has 0 unspecified atom stereocenters. The molecule has 1 aliphatic heterocycles. The number of rotatable bonds is 7. The smallest absolute Gasteiger partial charge is 0.271 e. The van der Waals surface area contributed by atoms with Gasteiger partial charge in [0.25, 0.3) is 5.91 Å². The minimum Gasteiger partial charge on any atom is -0.378 e. The van der Waals surface area contributed by atoms with Crippen LogP contribution in [0.5, 0.6) is 0 Å². The topological polar surface area (TPSA) is 123 Å². The molecule has 37 heavy (non-hydrogen) atoms. The predicted molar refractivity (Wildman–Crippen MR) is 144 cm³/mol. The Balaban J connectivity index is 1.39. The van der Waals surface area contributed by atoms with Crippen LogP contribution in [0.4, 0.5) is 23.0 Å². The highest BCUT2D eigenvalue weighted by molar-refractivity contribution is 6.00. The Labute approximate surface area is 214 Å². The molecule has 4 N–H and O–H groups in total. The predicted octanol–water partition coefficient (Wildman–Crippen LogP) is 3.53. The van der Waals surface area contributed by atoms with Gasteiger partial charge >= 0.3 is 0 Å². The van der Waals surface area contributed by atoms with E-state index in [1.807, 2.05) is 54.1 Å². The van der Waals surface area contributed by atoms with Crippen molar-refractivity contribution in [3.63, 3.8) is 0 Å². The SMILES string of the molecule is C[C@@H]1C[C@H]1Nc1nc(Nc2ccc(N3CCOCC3)cc2)c(C(N)=O)nc1-c1cccc2c1ncn2C. The number of fused-ring (bicyclic) bond motifs is 1. The monoisotopic (exact) mass is 498 g/mol. The van der Waals surface area contributed by atoms with Crippen molar-refractivity contribution in [2.45, 2.75) is 19.4 Å². The Morgan fingerprint density at radius 2 is 1.84 bits per heavy atom. The molecule has 1 saturated carbocycles. The summed E-state index contributed by atoms with van der Waals surface area (Å²) in [6.45, 7) is 5.38. The molecule has 10 nitrogen and oxygen atoms in total. The molecule has 1 saturated heterocycles. The van der Waals surface area contributed by atoms with Crippen LogP contribution in [0.25, 0.3) is 22.3 Å². The van der Waals surface area contributed by atoms with Gasteiger partial charge in [-0.2, -0.15) is 0 Å². The molecule has 6 rings (SSSR count). The molecule has 2 aliphatic rings. The Morgan fingerprint density at radius 1 is 1.08 bits per heavy atom. The minimum atomic E-state index is -0.652. The second-order valence-corrected chi connectivity index (χ2v) is 9.75. The van der Waals surface area contributed by atoms with Crippen LogP contribution in [0.2, 0.25) is 0 Å². The lowest BCUT2D eigenvalue weighted by molar-refractivity contribution is 0.0996. The van der Waals surface area contributed by atoms with Crippen molar-refractivity contribution >= 4 is 40.0 Å². The summed E-state index contributed by atoms with van der Waals surface area (Å²) in [4.78, 5) is 29.0. The summed E-state index contributed by atoms with van der Waals surface area (Å²) in [6, 6.07) is 14.2. The molecular formula is C27H30N8O2. The fraction of sp³-hybridized carbons (Fsp3) is 0.333. The van der Waals surface area contributed by atoms with Gasteiger partial charge in [-0.1, -0.05) is 19.1 Å². The number of hydrogen-bond donors (Lipinski definition) is 3. The van der Waals surface area contributed by atoms with Crippen LogP contribution in [0.3, 0.4) is 0 Å². The molecule has 0 bridgehead atoms. The number of aryl methyl sites for hydroxylation is 1. The molecule has 0 radical (unpaired) electrons. The highest BCUT2D eigenvalue weighted by atomic mass is 16.5. The lowest BCUT2D eigenvalue weighted by atomic mass is 10.1. The van der Waals surface area contributed by atoms with Gasteiger partial charge in [-0.25, -0.2) is 15.0 Å². The van der Waals surface area contributed by atoms with E-state index in [9.17, 15) is 4.79 Å². The van der Waals surface area contributed by atoms with Gasteiger partial charge in [0.15, 0.2) is 17.3 Å². The van der Waals surface area contributed by atoms with Crippen LogP contribution >= 0.6 is 0 Å². The molecule has 0 spiro atoms. The van der Waals surface area contributed by atoms with Crippen molar-refractivity contribution < 1.29 is 9.53 Å². The first-order valence-corrected chi connectivity index (χ1v) is 12.6. The first-order chi connectivity index (χ1) is 18.0. The van der Waals surface area contributed by atoms with Crippen LogP contribution < -0.4 is 21.3 Å². The number of benzene rings is 2. The number of amides is 1. The summed E-state index contributed by atoms with van der Waals surface area (Å²) in [6.07, 6.45) is 2.82. The van der Waals surface area contributed by atoms with E-state index in [0.717, 1.165) is 60.7 Å². The number of carbonyl (C=O) groups is 1. The number of nitrogens with zero attached hydrogens (tertiary/aromatic N) is 5. The van der Waals surface area contributed by atoms with Crippen molar-refractivity contribution in [2.24, 2.45) is 18.7 Å². The molecule has 1 aliphatic carbocycles. The van der Waals surface area contributed by atoms with Crippen molar-refractivity contribution in [1.29, 1.82) is 0 Å². The highest BCUT2D eigenvalue weighted by Gasteiger charge is 2.34. The zero-order valence-electron chi connectivity index (χ0n) is 20.9. The zero-order valence-corrected chi connectivity index (χ0v) is 20.9. The number of carbonyl (C=O) groups excluding carboxylic acids is 1. The maximum absolute atomic E-state index is 12.5. The van der Waals surface area contributed by atoms with Crippen LogP contribution in [-0.2, 0) is 11.8 Å². The third-order valence-corrected chi connectivity index (χ3v) is 7.08. The van der Waals surface area contributed by atoms with Crippen LogP contribution in [0.1, 0.15) is 23.8 Å². The largest absolute Gasteiger partial charge is 0.378 e. The van der Waals surface area contributed by atoms with Crippen molar-refractivity contribution in [3.05, 3.63) is 54.5 Å². The molecule has 10 heteroatoms. The fourth-order valence-electron chi connectivity index (χ4n) is 4.74. The molecule has 2 fully saturated rings. The van der Waals surface area contributed by atoms with Gasteiger partial charge in [0.1, 0.15) is 5.69 Å². The van der Waals surface area contributed by atoms with Crippen LogP contribution in [0, 0.1) is 5.92 Å². The van der Waals surface area contributed by atoms with E-state index in [0.29, 0.717) is 29.3 Å². The average Bonchev–Trinajstić information content (AvgIpc) is 3.47. The number of para-hydroxylation sites is 1. The van der Waals surface area contributed by atoms with Gasteiger partial charge < -0.3 is 30.6 Å². The minimum absolute atomic E-state index is 0.0783. The molecule has 2 aromatic carbocycles. The number of morpholine rings is 1. The molecular weight excluding hydrogens is 468 g/mol. The zero-order chi connectivity index (χ0) is 25.5. The van der Waals surface area contributed by atoms with E-state index in [1.165, 1.54) is 0 Å². The first-order valence-electron chi connectivity index (χ1n) is 12.6. The molecule has 3 heterocycles. The number of hydrogen-bond acceptors (Lipinski definition) is 8. The highest BCUT2D eigenvalue weighted by Crippen LogP contribution is 2.38. The summed E-state index contributed by atoms with van der Waals surface area (Å²) < 4.78 is 7.40. The number of aromatic nitrogens is 4. The van der Waals surface area contributed by atoms with Gasteiger partial charge in [0.2, 0.25) is 0 Å². The Kier molecular flexibility index (Phi) is 5.88. The second-order valence-electron chi connectivity index (χ2n) is 9.75. The summed E-state index contributed by atoms with van der Waals surface area (Å²) in [5.74, 6) is 0.810. The van der Waals surface area contributed by atoms with Crippen LogP contribution in [-0.4, -0.2) is 57.8 Å². The average molecular weight is 499 g/mol. The van der Waals surface area contributed by atoms with Crippen LogP contribution in [0.15, 0.2) is 48.8 Å². The van der Waals surface area contributed by atoms with E-state index in [2.05, 4.69) is 27.4 Å². The van der Waals surface area contributed by atoms with Gasteiger partial charge in [-0.05, 0) is 42.7 Å². The van der Waals surface area contributed by atoms with E-state index in [1.54, 1.807) is 6.33 Å². The lowest BCUT2D eigenvalue weighted by Crippen LogP contribution is -2.36. The normalized spacial score (nSPS) is 19.1. The van der Waals surface area contributed by atoms with Gasteiger partial charge in [-0.3, -0.25) is 4.79 Å². The molecule has 190 valence electrons. The summed E-state index contributed by atoms with van der Waals surface area (Å²) in [5, 5.41) is 6.80. The van der Waals surface area contributed by atoms with Gasteiger partial charge in [0, 0.05) is 43.1 Å². The van der Waals surface area contributed by atoms with E-state index >= 15 is 0 Å². The number of ether oxygens (including phenoxy) is 1. The number of anilines is 4. The summed E-state index contributed by atoms with van der Waals surface area (Å²) in [7, 11) is 1.95. The number of nitrogens with one attached hydrogen (secondary N) is 2. The lowest BCUT2D eigenvalue weighted by Gasteiger charge is -2.29. The van der Waals surface area contributed by atoms with Gasteiger partial charge in [-0.15, -0.1) is 0 Å². The van der Waals surface area contributed by atoms with E-state index in [-0.39, 0.29) is 5.69 Å². The standard InChI is InChI=1S/C27H30N8O2/c1-16-14-20(16)31-26-23(19-4-3-5-21-22(19)29-15-34(21)2)32-24(25(28)36)27(33-26)30-17-6-8-18(9-7-17)35-10-12-37-13-11-35/h3-9,15-16,20H,10-14H2,1-2H3,(H2,28,36)(H2,30,31,33)/t16-,20-/m1/s1. The molecule has 1 amide bonds. The van der Waals surface area contributed by atoms with Crippen molar-refractivity contribution in [1.82, 2.24) is 19.5 Å². The molecule has 4 aromatic rings. The third-order valence-electron chi connectivity index (χ3n) is 7.08. The maximum Gasteiger partial charge on any atom is 0.271 e. The number of imidazole rings is 1. The van der Waals surface area contributed by atoms with E-state index < -0.39 is 5.91 Å². The summed E-state index contributed by atoms with van der Waals surface area (Å²) in [5.41, 5.74) is 10.9. The van der Waals surface area contributed by atoms with E-state index in [4.69, 9.17) is 20.4 Å². The molecule has 2 atom stereocenters. The van der Waals surface area contributed by atoms with Crippen molar-refractivity contribution in [3.8, 4) is 11.3 Å². The first kappa shape index (κ1) is 23.2. The Morgan fingerprint density at radius 3 is 2.54 bits per heavy atom. The second kappa shape index (κ2) is 9.36. The number of primary amides is 1. The Bertz CT molecular complexity index is 1460. The maximum atomic E-state index is 12.5. The third kappa shape index (κ3) is 4.55. The fourth-order valence-corrected chi connectivity index (χ4v) is 4.74. The number of nitrogens with two attached hydrogens (primary N) is 1. The van der Waals surface area contributed by atoms with Crippen molar-refractivity contribution in [2.75, 3.05) is 41.8 Å². The van der Waals surface area contributed by atoms with Gasteiger partial charge in [0.05, 0.1) is 30.6 Å². The summed E-state index contributed by atoms with van der Waals surface area (Å²) >= 11 is 0. The quantitative estimate of drug-likeness (QED) is 0.354. The Hall–Kier alpha value is -4.18.